The fraction of sp³-hybridized carbons (Fsp3) is 0.917. The topological polar surface area (TPSA) is 41.1 Å². The second kappa shape index (κ2) is 7.13. The average molecular weight is 247 g/mol. The first-order chi connectivity index (χ1) is 7.34. The number of carbonyl (C=O) groups excluding carboxylic acids is 1. The highest BCUT2D eigenvalue weighted by molar-refractivity contribution is 5.85. The molecular weight excluding hydrogens is 224 g/mol. The molecule has 0 radical (unpaired) electrons. The first kappa shape index (κ1) is 13.8. The summed E-state index contributed by atoms with van der Waals surface area (Å²) in [7, 11) is 0. The monoisotopic (exact) mass is 246 g/mol. The van der Waals surface area contributed by atoms with Gasteiger partial charge in [-0.3, -0.25) is 4.79 Å². The van der Waals surface area contributed by atoms with Gasteiger partial charge in [-0.2, -0.15) is 0 Å². The lowest BCUT2D eigenvalue weighted by Gasteiger charge is -2.22. The fourth-order valence-corrected chi connectivity index (χ4v) is 2.17. The molecule has 2 N–H and O–H groups in total. The van der Waals surface area contributed by atoms with E-state index in [1.165, 1.54) is 25.7 Å². The number of hydrogen-bond donors (Lipinski definition) is 2. The van der Waals surface area contributed by atoms with Gasteiger partial charge in [0.25, 0.3) is 0 Å². The third-order valence-electron chi connectivity index (χ3n) is 3.52. The Bertz CT molecular complexity index is 213. The maximum Gasteiger partial charge on any atom is 0.220 e. The van der Waals surface area contributed by atoms with Crippen LogP contribution in [-0.2, 0) is 4.79 Å². The first-order valence-corrected chi connectivity index (χ1v) is 6.32. The van der Waals surface area contributed by atoms with Crippen LogP contribution in [0.1, 0.15) is 38.5 Å². The summed E-state index contributed by atoms with van der Waals surface area (Å²) in [6.45, 7) is 3.19. The number of amides is 1. The third-order valence-corrected chi connectivity index (χ3v) is 3.52. The second-order valence-corrected chi connectivity index (χ2v) is 4.98. The summed E-state index contributed by atoms with van der Waals surface area (Å²) in [5.74, 6) is 1.84. The minimum absolute atomic E-state index is 0. The molecule has 2 fully saturated rings. The maximum atomic E-state index is 11.5. The Hall–Kier alpha value is -0.280. The molecule has 0 bridgehead atoms. The number of piperidine rings is 1. The SMILES string of the molecule is Cl.O=C(CCC1CCNCC1)NCC1CC1. The Labute approximate surface area is 104 Å². The van der Waals surface area contributed by atoms with Crippen LogP contribution in [0.5, 0.6) is 0 Å². The molecule has 0 atom stereocenters. The van der Waals surface area contributed by atoms with Crippen molar-refractivity contribution in [3.05, 3.63) is 0 Å². The molecule has 1 heterocycles. The minimum Gasteiger partial charge on any atom is -0.356 e. The number of rotatable bonds is 5. The smallest absolute Gasteiger partial charge is 0.220 e. The number of hydrogen-bond acceptors (Lipinski definition) is 2. The van der Waals surface area contributed by atoms with Crippen LogP contribution < -0.4 is 10.6 Å². The zero-order valence-corrected chi connectivity index (χ0v) is 10.7. The maximum absolute atomic E-state index is 11.5. The van der Waals surface area contributed by atoms with Gasteiger partial charge in [-0.25, -0.2) is 0 Å². The fourth-order valence-electron chi connectivity index (χ4n) is 2.17. The van der Waals surface area contributed by atoms with Crippen molar-refractivity contribution >= 4 is 18.3 Å². The van der Waals surface area contributed by atoms with Crippen molar-refractivity contribution in [2.75, 3.05) is 19.6 Å². The quantitative estimate of drug-likeness (QED) is 0.776. The van der Waals surface area contributed by atoms with E-state index >= 15 is 0 Å². The molecule has 94 valence electrons. The largest absolute Gasteiger partial charge is 0.356 e. The molecular formula is C12H23ClN2O. The molecule has 16 heavy (non-hydrogen) atoms. The van der Waals surface area contributed by atoms with E-state index in [1.54, 1.807) is 0 Å². The summed E-state index contributed by atoms with van der Waals surface area (Å²) >= 11 is 0. The minimum atomic E-state index is 0. The lowest BCUT2D eigenvalue weighted by molar-refractivity contribution is -0.121. The van der Waals surface area contributed by atoms with Gasteiger partial charge in [0.05, 0.1) is 0 Å². The van der Waals surface area contributed by atoms with E-state index in [9.17, 15) is 4.79 Å². The van der Waals surface area contributed by atoms with Crippen molar-refractivity contribution < 1.29 is 4.79 Å². The van der Waals surface area contributed by atoms with Crippen LogP contribution in [-0.4, -0.2) is 25.5 Å². The normalized spacial score (nSPS) is 21.2. The summed E-state index contributed by atoms with van der Waals surface area (Å²) in [6.07, 6.45) is 6.94. The lowest BCUT2D eigenvalue weighted by atomic mass is 9.93. The molecule has 1 aliphatic heterocycles. The Kier molecular flexibility index (Phi) is 6.14. The van der Waals surface area contributed by atoms with Crippen LogP contribution in [0.4, 0.5) is 0 Å². The molecule has 4 heteroatoms. The molecule has 0 aromatic heterocycles. The van der Waals surface area contributed by atoms with Gasteiger partial charge in [-0.15, -0.1) is 12.4 Å². The van der Waals surface area contributed by atoms with E-state index < -0.39 is 0 Å². The number of nitrogens with one attached hydrogen (secondary N) is 2. The number of carbonyl (C=O) groups is 1. The highest BCUT2D eigenvalue weighted by atomic mass is 35.5. The molecule has 2 aliphatic rings. The summed E-state index contributed by atoms with van der Waals surface area (Å²) in [4.78, 5) is 11.5. The Morgan fingerprint density at radius 1 is 1.12 bits per heavy atom. The molecule has 2 rings (SSSR count). The standard InChI is InChI=1S/C12H22N2O.ClH/c15-12(14-9-11-1-2-11)4-3-10-5-7-13-8-6-10;/h10-11,13H,1-9H2,(H,14,15);1H. The van der Waals surface area contributed by atoms with Gasteiger partial charge in [-0.1, -0.05) is 0 Å². The van der Waals surface area contributed by atoms with Crippen LogP contribution in [0.25, 0.3) is 0 Å². The summed E-state index contributed by atoms with van der Waals surface area (Å²) in [5.41, 5.74) is 0. The van der Waals surface area contributed by atoms with Gasteiger partial charge in [0.15, 0.2) is 0 Å². The third kappa shape index (κ3) is 5.17. The van der Waals surface area contributed by atoms with E-state index in [0.29, 0.717) is 0 Å². The molecule has 1 saturated heterocycles. The van der Waals surface area contributed by atoms with Crippen molar-refractivity contribution in [2.45, 2.75) is 38.5 Å². The van der Waals surface area contributed by atoms with E-state index in [-0.39, 0.29) is 18.3 Å². The van der Waals surface area contributed by atoms with Crippen molar-refractivity contribution in [2.24, 2.45) is 11.8 Å². The van der Waals surface area contributed by atoms with Gasteiger partial charge in [0.2, 0.25) is 5.91 Å². The summed E-state index contributed by atoms with van der Waals surface area (Å²) in [5, 5.41) is 6.38. The molecule has 0 aromatic rings. The van der Waals surface area contributed by atoms with Crippen LogP contribution in [0.3, 0.4) is 0 Å². The van der Waals surface area contributed by atoms with E-state index in [4.69, 9.17) is 0 Å². The Morgan fingerprint density at radius 3 is 2.44 bits per heavy atom. The van der Waals surface area contributed by atoms with Crippen molar-refractivity contribution in [3.8, 4) is 0 Å². The van der Waals surface area contributed by atoms with E-state index in [1.807, 2.05) is 0 Å². The molecule has 1 saturated carbocycles. The number of halogens is 1. The zero-order valence-electron chi connectivity index (χ0n) is 9.84. The van der Waals surface area contributed by atoms with E-state index in [2.05, 4.69) is 10.6 Å². The Balaban J connectivity index is 0.00000128. The molecule has 1 aliphatic carbocycles. The molecule has 1 amide bonds. The van der Waals surface area contributed by atoms with Crippen molar-refractivity contribution in [1.82, 2.24) is 10.6 Å². The molecule has 0 spiro atoms. The highest BCUT2D eigenvalue weighted by Crippen LogP contribution is 2.27. The van der Waals surface area contributed by atoms with Crippen LogP contribution in [0, 0.1) is 11.8 Å². The highest BCUT2D eigenvalue weighted by Gasteiger charge is 2.21. The van der Waals surface area contributed by atoms with Gasteiger partial charge in [0.1, 0.15) is 0 Å². The van der Waals surface area contributed by atoms with E-state index in [0.717, 1.165) is 44.3 Å². The first-order valence-electron chi connectivity index (χ1n) is 6.32. The molecule has 0 aromatic carbocycles. The van der Waals surface area contributed by atoms with Crippen molar-refractivity contribution in [1.29, 1.82) is 0 Å². The summed E-state index contributed by atoms with van der Waals surface area (Å²) in [6, 6.07) is 0. The summed E-state index contributed by atoms with van der Waals surface area (Å²) < 4.78 is 0. The molecule has 3 nitrogen and oxygen atoms in total. The van der Waals surface area contributed by atoms with Crippen LogP contribution in [0.15, 0.2) is 0 Å². The van der Waals surface area contributed by atoms with Crippen molar-refractivity contribution in [3.63, 3.8) is 0 Å². The second-order valence-electron chi connectivity index (χ2n) is 4.98. The van der Waals surface area contributed by atoms with Crippen LogP contribution >= 0.6 is 12.4 Å². The zero-order chi connectivity index (χ0) is 10.5. The average Bonchev–Trinajstić information content (AvgIpc) is 3.09. The predicted molar refractivity (Wildman–Crippen MR) is 67.8 cm³/mol. The van der Waals surface area contributed by atoms with Crippen LogP contribution in [0.2, 0.25) is 0 Å². The predicted octanol–water partition coefficient (Wildman–Crippen LogP) is 1.71. The van der Waals surface area contributed by atoms with Gasteiger partial charge in [-0.05, 0) is 57.0 Å². The Morgan fingerprint density at radius 2 is 1.81 bits per heavy atom. The van der Waals surface area contributed by atoms with Gasteiger partial charge in [0, 0.05) is 13.0 Å². The molecule has 0 unspecified atom stereocenters. The van der Waals surface area contributed by atoms with Gasteiger partial charge < -0.3 is 10.6 Å². The lowest BCUT2D eigenvalue weighted by Crippen LogP contribution is -2.30. The van der Waals surface area contributed by atoms with Gasteiger partial charge >= 0.3 is 0 Å².